The van der Waals surface area contributed by atoms with Crippen molar-refractivity contribution in [2.75, 3.05) is 44.2 Å². The van der Waals surface area contributed by atoms with Gasteiger partial charge >= 0.3 is 0 Å². The number of carbonyl (C=O) groups is 1. The predicted molar refractivity (Wildman–Crippen MR) is 97.9 cm³/mol. The van der Waals surface area contributed by atoms with Crippen molar-refractivity contribution in [1.82, 2.24) is 15.2 Å². The predicted octanol–water partition coefficient (Wildman–Crippen LogP) is 1.08. The fourth-order valence-corrected chi connectivity index (χ4v) is 3.08. The first-order valence-electron chi connectivity index (χ1n) is 8.96. The van der Waals surface area contributed by atoms with E-state index in [1.54, 1.807) is 0 Å². The quantitative estimate of drug-likeness (QED) is 0.745. The van der Waals surface area contributed by atoms with E-state index < -0.39 is 0 Å². The number of aromatic nitrogens is 1. The molecule has 0 spiro atoms. The lowest BCUT2D eigenvalue weighted by Gasteiger charge is -2.35. The lowest BCUT2D eigenvalue weighted by molar-refractivity contribution is -0.122. The lowest BCUT2D eigenvalue weighted by atomic mass is 10.0. The standard InChI is InChI=1S/C18H31N5O/c1-15(2)13-16(14-19)21-18(24)6-8-22-9-11-23(12-10-22)17-5-3-4-7-20-17/h3-5,7,15-16H,6,8-14,19H2,1-2H3,(H,21,24). The first kappa shape index (κ1) is 18.7. The molecule has 1 aromatic heterocycles. The van der Waals surface area contributed by atoms with Crippen molar-refractivity contribution in [3.8, 4) is 0 Å². The summed E-state index contributed by atoms with van der Waals surface area (Å²) >= 11 is 0. The molecule has 0 bridgehead atoms. The monoisotopic (exact) mass is 333 g/mol. The van der Waals surface area contributed by atoms with E-state index in [1.165, 1.54) is 0 Å². The molecule has 3 N–H and O–H groups in total. The number of nitrogens with one attached hydrogen (secondary N) is 1. The Hall–Kier alpha value is -1.66. The summed E-state index contributed by atoms with van der Waals surface area (Å²) in [6, 6.07) is 6.10. The van der Waals surface area contributed by atoms with Gasteiger partial charge in [-0.1, -0.05) is 19.9 Å². The van der Waals surface area contributed by atoms with Crippen LogP contribution >= 0.6 is 0 Å². The van der Waals surface area contributed by atoms with Gasteiger partial charge in [-0.05, 0) is 24.5 Å². The van der Waals surface area contributed by atoms with Crippen molar-refractivity contribution in [1.29, 1.82) is 0 Å². The van der Waals surface area contributed by atoms with Crippen molar-refractivity contribution in [3.05, 3.63) is 24.4 Å². The first-order chi connectivity index (χ1) is 11.6. The van der Waals surface area contributed by atoms with Gasteiger partial charge in [0.05, 0.1) is 0 Å². The highest BCUT2D eigenvalue weighted by Crippen LogP contribution is 2.12. The summed E-state index contributed by atoms with van der Waals surface area (Å²) in [6.07, 6.45) is 3.31. The second kappa shape index (κ2) is 9.59. The maximum Gasteiger partial charge on any atom is 0.221 e. The van der Waals surface area contributed by atoms with Crippen molar-refractivity contribution in [2.24, 2.45) is 11.7 Å². The first-order valence-corrected chi connectivity index (χ1v) is 8.96. The second-order valence-electron chi connectivity index (χ2n) is 6.90. The van der Waals surface area contributed by atoms with Gasteiger partial charge in [0.25, 0.3) is 0 Å². The number of amides is 1. The summed E-state index contributed by atoms with van der Waals surface area (Å²) in [4.78, 5) is 21.1. The van der Waals surface area contributed by atoms with Gasteiger partial charge in [0.15, 0.2) is 0 Å². The lowest BCUT2D eigenvalue weighted by Crippen LogP contribution is -2.48. The number of nitrogens with zero attached hydrogens (tertiary/aromatic N) is 3. The summed E-state index contributed by atoms with van der Waals surface area (Å²) < 4.78 is 0. The van der Waals surface area contributed by atoms with Crippen LogP contribution in [0.25, 0.3) is 0 Å². The van der Waals surface area contributed by atoms with Crippen LogP contribution in [-0.2, 0) is 4.79 Å². The van der Waals surface area contributed by atoms with Crippen molar-refractivity contribution in [2.45, 2.75) is 32.7 Å². The number of rotatable bonds is 8. The number of hydrogen-bond acceptors (Lipinski definition) is 5. The Kier molecular flexibility index (Phi) is 7.46. The molecule has 1 unspecified atom stereocenters. The van der Waals surface area contributed by atoms with E-state index in [4.69, 9.17) is 5.73 Å². The number of pyridine rings is 1. The zero-order valence-electron chi connectivity index (χ0n) is 14.9. The van der Waals surface area contributed by atoms with Gasteiger partial charge in [-0.2, -0.15) is 0 Å². The van der Waals surface area contributed by atoms with E-state index in [0.29, 0.717) is 18.9 Å². The zero-order chi connectivity index (χ0) is 17.4. The third kappa shape index (κ3) is 6.09. The maximum atomic E-state index is 12.1. The second-order valence-corrected chi connectivity index (χ2v) is 6.90. The molecular weight excluding hydrogens is 302 g/mol. The molecule has 6 nitrogen and oxygen atoms in total. The van der Waals surface area contributed by atoms with Gasteiger partial charge in [0, 0.05) is 57.9 Å². The van der Waals surface area contributed by atoms with Gasteiger partial charge in [-0.3, -0.25) is 9.69 Å². The topological polar surface area (TPSA) is 74.5 Å². The molecule has 2 heterocycles. The van der Waals surface area contributed by atoms with Crippen LogP contribution in [0, 0.1) is 5.92 Å². The van der Waals surface area contributed by atoms with Crippen LogP contribution in [0.5, 0.6) is 0 Å². The molecule has 1 aliphatic heterocycles. The third-order valence-corrected chi connectivity index (χ3v) is 4.41. The van der Waals surface area contributed by atoms with E-state index >= 15 is 0 Å². The van der Waals surface area contributed by atoms with Gasteiger partial charge < -0.3 is 16.0 Å². The smallest absolute Gasteiger partial charge is 0.221 e. The number of anilines is 1. The van der Waals surface area contributed by atoms with Crippen LogP contribution in [0.3, 0.4) is 0 Å². The highest BCUT2D eigenvalue weighted by atomic mass is 16.1. The Morgan fingerprint density at radius 1 is 1.29 bits per heavy atom. The molecular formula is C18H31N5O. The van der Waals surface area contributed by atoms with Crippen LogP contribution in [0.2, 0.25) is 0 Å². The number of nitrogens with two attached hydrogens (primary N) is 1. The minimum absolute atomic E-state index is 0.0958. The molecule has 0 radical (unpaired) electrons. The average Bonchev–Trinajstić information content (AvgIpc) is 2.60. The number of hydrogen-bond donors (Lipinski definition) is 2. The third-order valence-electron chi connectivity index (χ3n) is 4.41. The molecule has 134 valence electrons. The van der Waals surface area contributed by atoms with E-state index in [2.05, 4.69) is 33.9 Å². The van der Waals surface area contributed by atoms with E-state index in [-0.39, 0.29) is 11.9 Å². The van der Waals surface area contributed by atoms with Gasteiger partial charge in [0.1, 0.15) is 5.82 Å². The average molecular weight is 333 g/mol. The Balaban J connectivity index is 1.67. The summed E-state index contributed by atoms with van der Waals surface area (Å²) in [5.74, 6) is 1.69. The Morgan fingerprint density at radius 3 is 2.62 bits per heavy atom. The van der Waals surface area contributed by atoms with E-state index in [1.807, 2.05) is 24.4 Å². The van der Waals surface area contributed by atoms with Crippen molar-refractivity contribution in [3.63, 3.8) is 0 Å². The molecule has 24 heavy (non-hydrogen) atoms. The minimum atomic E-state index is 0.0958. The minimum Gasteiger partial charge on any atom is -0.354 e. The van der Waals surface area contributed by atoms with Crippen LogP contribution < -0.4 is 16.0 Å². The van der Waals surface area contributed by atoms with E-state index in [0.717, 1.165) is 45.0 Å². The van der Waals surface area contributed by atoms with Crippen molar-refractivity contribution >= 4 is 11.7 Å². The molecule has 1 aliphatic rings. The molecule has 1 saturated heterocycles. The molecule has 1 aromatic rings. The Morgan fingerprint density at radius 2 is 2.04 bits per heavy atom. The molecule has 2 rings (SSSR count). The number of carbonyl (C=O) groups excluding carboxylic acids is 1. The maximum absolute atomic E-state index is 12.1. The molecule has 0 aliphatic carbocycles. The molecule has 0 aromatic carbocycles. The number of piperazine rings is 1. The normalized spacial score (nSPS) is 17.1. The largest absolute Gasteiger partial charge is 0.354 e. The van der Waals surface area contributed by atoms with Crippen LogP contribution in [0.4, 0.5) is 5.82 Å². The molecule has 6 heteroatoms. The SMILES string of the molecule is CC(C)CC(CN)NC(=O)CCN1CCN(c2ccccn2)CC1. The van der Waals surface area contributed by atoms with Gasteiger partial charge in [0.2, 0.25) is 5.91 Å². The fourth-order valence-electron chi connectivity index (χ4n) is 3.08. The Labute approximate surface area is 145 Å². The summed E-state index contributed by atoms with van der Waals surface area (Å²) in [5, 5.41) is 3.06. The highest BCUT2D eigenvalue weighted by molar-refractivity contribution is 5.76. The molecule has 1 atom stereocenters. The summed E-state index contributed by atoms with van der Waals surface area (Å²) in [6.45, 7) is 9.46. The highest BCUT2D eigenvalue weighted by Gasteiger charge is 2.19. The van der Waals surface area contributed by atoms with Crippen LogP contribution in [0.15, 0.2) is 24.4 Å². The Bertz CT molecular complexity index is 485. The van der Waals surface area contributed by atoms with Crippen molar-refractivity contribution < 1.29 is 4.79 Å². The zero-order valence-corrected chi connectivity index (χ0v) is 14.9. The molecule has 1 fully saturated rings. The fraction of sp³-hybridized carbons (Fsp3) is 0.667. The summed E-state index contributed by atoms with van der Waals surface area (Å²) in [5.41, 5.74) is 5.74. The molecule has 0 saturated carbocycles. The van der Waals surface area contributed by atoms with Gasteiger partial charge in [-0.15, -0.1) is 0 Å². The molecule has 1 amide bonds. The summed E-state index contributed by atoms with van der Waals surface area (Å²) in [7, 11) is 0. The van der Waals surface area contributed by atoms with Crippen LogP contribution in [-0.4, -0.2) is 61.1 Å². The van der Waals surface area contributed by atoms with E-state index in [9.17, 15) is 4.79 Å². The van der Waals surface area contributed by atoms with Gasteiger partial charge in [-0.25, -0.2) is 4.98 Å². The van der Waals surface area contributed by atoms with Crippen LogP contribution in [0.1, 0.15) is 26.7 Å².